The van der Waals surface area contributed by atoms with Gasteiger partial charge >= 0.3 is 0 Å². The van der Waals surface area contributed by atoms with Crippen molar-refractivity contribution in [3.63, 3.8) is 0 Å². The number of likely N-dealkylation sites (tertiary alicyclic amines) is 1. The highest BCUT2D eigenvalue weighted by Crippen LogP contribution is 2.43. The number of carbonyl (C=O) groups is 1. The molecule has 25 heavy (non-hydrogen) atoms. The summed E-state index contributed by atoms with van der Waals surface area (Å²) in [6.45, 7) is 5.31. The quantitative estimate of drug-likeness (QED) is 0.852. The largest absolute Gasteiger partial charge is 0.381 e. The van der Waals surface area contributed by atoms with E-state index in [-0.39, 0.29) is 11.5 Å². The fourth-order valence-corrected chi connectivity index (χ4v) is 4.36. The van der Waals surface area contributed by atoms with Crippen LogP contribution in [-0.4, -0.2) is 71.9 Å². The van der Waals surface area contributed by atoms with Crippen LogP contribution in [0.3, 0.4) is 0 Å². The molecule has 3 aliphatic rings. The van der Waals surface area contributed by atoms with E-state index >= 15 is 0 Å². The Kier molecular flexibility index (Phi) is 4.96. The van der Waals surface area contributed by atoms with Gasteiger partial charge in [0.2, 0.25) is 0 Å². The minimum atomic E-state index is -0.154. The van der Waals surface area contributed by atoms with Gasteiger partial charge in [-0.1, -0.05) is 0 Å². The number of amides is 1. The van der Waals surface area contributed by atoms with E-state index in [0.717, 1.165) is 58.6 Å². The Bertz CT molecular complexity index is 585. The van der Waals surface area contributed by atoms with Crippen LogP contribution in [0.5, 0.6) is 0 Å². The van der Waals surface area contributed by atoms with Crippen molar-refractivity contribution in [1.82, 2.24) is 20.2 Å². The summed E-state index contributed by atoms with van der Waals surface area (Å²) in [5.41, 5.74) is 0.379. The fraction of sp³-hybridized carbons (Fsp3) is 0.722. The van der Waals surface area contributed by atoms with Crippen LogP contribution in [0.2, 0.25) is 0 Å². The molecule has 3 aliphatic heterocycles. The second kappa shape index (κ2) is 7.35. The molecule has 4 rings (SSSR count). The minimum Gasteiger partial charge on any atom is -0.381 e. The number of hydrogen-bond donors (Lipinski definition) is 1. The van der Waals surface area contributed by atoms with Crippen molar-refractivity contribution in [1.29, 1.82) is 0 Å². The summed E-state index contributed by atoms with van der Waals surface area (Å²) in [6, 6.07) is 0.653. The van der Waals surface area contributed by atoms with E-state index in [4.69, 9.17) is 9.47 Å². The average molecular weight is 346 g/mol. The Morgan fingerprint density at radius 2 is 2.08 bits per heavy atom. The molecule has 7 nitrogen and oxygen atoms in total. The molecule has 1 spiro atoms. The predicted molar refractivity (Wildman–Crippen MR) is 91.2 cm³/mol. The van der Waals surface area contributed by atoms with Crippen molar-refractivity contribution in [2.75, 3.05) is 39.5 Å². The summed E-state index contributed by atoms with van der Waals surface area (Å²) < 4.78 is 11.6. The second-order valence-corrected chi connectivity index (χ2v) is 7.28. The number of ether oxygens (including phenoxy) is 2. The molecule has 0 aliphatic carbocycles. The van der Waals surface area contributed by atoms with Crippen molar-refractivity contribution >= 4 is 5.91 Å². The topological polar surface area (TPSA) is 76.6 Å². The van der Waals surface area contributed by atoms with Crippen LogP contribution >= 0.6 is 0 Å². The van der Waals surface area contributed by atoms with Gasteiger partial charge < -0.3 is 14.8 Å². The lowest BCUT2D eigenvalue weighted by atomic mass is 9.77. The fourth-order valence-electron chi connectivity index (χ4n) is 4.36. The molecule has 0 unspecified atom stereocenters. The zero-order valence-electron chi connectivity index (χ0n) is 14.5. The van der Waals surface area contributed by atoms with Crippen LogP contribution in [0.25, 0.3) is 0 Å². The first-order chi connectivity index (χ1) is 12.3. The maximum Gasteiger partial charge on any atom is 0.271 e. The van der Waals surface area contributed by atoms with E-state index in [1.807, 2.05) is 0 Å². The minimum absolute atomic E-state index is 0.00951. The Morgan fingerprint density at radius 3 is 2.84 bits per heavy atom. The number of nitrogens with zero attached hydrogens (tertiary/aromatic N) is 3. The zero-order valence-corrected chi connectivity index (χ0v) is 14.5. The van der Waals surface area contributed by atoms with E-state index in [2.05, 4.69) is 20.2 Å². The van der Waals surface area contributed by atoms with E-state index in [1.54, 1.807) is 6.20 Å². The van der Waals surface area contributed by atoms with E-state index in [9.17, 15) is 4.79 Å². The highest BCUT2D eigenvalue weighted by molar-refractivity contribution is 5.91. The van der Waals surface area contributed by atoms with E-state index in [0.29, 0.717) is 24.2 Å². The summed E-state index contributed by atoms with van der Waals surface area (Å²) in [5, 5.41) is 2.96. The first-order valence-electron chi connectivity index (χ1n) is 9.27. The molecule has 136 valence electrons. The maximum atomic E-state index is 12.1. The van der Waals surface area contributed by atoms with Gasteiger partial charge in [-0.2, -0.15) is 0 Å². The zero-order chi connectivity index (χ0) is 17.1. The molecule has 0 radical (unpaired) electrons. The molecule has 1 aromatic rings. The highest BCUT2D eigenvalue weighted by atomic mass is 16.5. The van der Waals surface area contributed by atoms with Gasteiger partial charge in [0.15, 0.2) is 0 Å². The van der Waals surface area contributed by atoms with Gasteiger partial charge in [0.1, 0.15) is 5.69 Å². The lowest BCUT2D eigenvalue weighted by Crippen LogP contribution is -2.67. The smallest absolute Gasteiger partial charge is 0.271 e. The third-order valence-electron chi connectivity index (χ3n) is 5.82. The first-order valence-corrected chi connectivity index (χ1v) is 9.27. The predicted octanol–water partition coefficient (Wildman–Crippen LogP) is 0.866. The molecular weight excluding hydrogens is 320 g/mol. The Balaban J connectivity index is 1.25. The lowest BCUT2D eigenvalue weighted by molar-refractivity contribution is -0.156. The number of hydrogen-bond acceptors (Lipinski definition) is 6. The molecule has 3 saturated heterocycles. The Morgan fingerprint density at radius 1 is 1.24 bits per heavy atom. The van der Waals surface area contributed by atoms with Crippen molar-refractivity contribution in [3.8, 4) is 0 Å². The normalized spacial score (nSPS) is 26.5. The molecular formula is C18H26N4O3. The molecule has 1 atom stereocenters. The van der Waals surface area contributed by atoms with E-state index < -0.39 is 0 Å². The van der Waals surface area contributed by atoms with Crippen molar-refractivity contribution in [2.24, 2.45) is 5.92 Å². The van der Waals surface area contributed by atoms with E-state index in [1.165, 1.54) is 12.4 Å². The van der Waals surface area contributed by atoms with Crippen LogP contribution in [0.15, 0.2) is 18.6 Å². The van der Waals surface area contributed by atoms with Crippen LogP contribution in [0, 0.1) is 5.92 Å². The summed E-state index contributed by atoms with van der Waals surface area (Å²) in [5.74, 6) is 0.365. The highest BCUT2D eigenvalue weighted by Gasteiger charge is 2.53. The molecule has 0 aromatic carbocycles. The van der Waals surface area contributed by atoms with Gasteiger partial charge in [-0.25, -0.2) is 4.98 Å². The SMILES string of the molecule is O=C(NCC[C@@H]1CCOC12CN(C1CCOCC1)C2)c1cnccn1. The molecule has 1 amide bonds. The van der Waals surface area contributed by atoms with Gasteiger partial charge in [-0.3, -0.25) is 14.7 Å². The summed E-state index contributed by atoms with van der Waals surface area (Å²) in [6.07, 6.45) is 8.90. The van der Waals surface area contributed by atoms with Crippen LogP contribution in [0.1, 0.15) is 36.2 Å². The summed E-state index contributed by atoms with van der Waals surface area (Å²) in [4.78, 5) is 22.6. The third-order valence-corrected chi connectivity index (χ3v) is 5.82. The van der Waals surface area contributed by atoms with Gasteiger partial charge in [0, 0.05) is 57.9 Å². The van der Waals surface area contributed by atoms with Gasteiger partial charge in [-0.05, 0) is 31.6 Å². The number of rotatable bonds is 5. The van der Waals surface area contributed by atoms with Gasteiger partial charge in [0.25, 0.3) is 5.91 Å². The lowest BCUT2D eigenvalue weighted by Gasteiger charge is -2.54. The Labute approximate surface area is 148 Å². The molecule has 1 aromatic heterocycles. The molecule has 0 bridgehead atoms. The number of aromatic nitrogens is 2. The molecule has 4 heterocycles. The second-order valence-electron chi connectivity index (χ2n) is 7.28. The molecule has 7 heteroatoms. The number of carbonyl (C=O) groups excluding carboxylic acids is 1. The van der Waals surface area contributed by atoms with Gasteiger partial charge in [-0.15, -0.1) is 0 Å². The van der Waals surface area contributed by atoms with Crippen LogP contribution < -0.4 is 5.32 Å². The first kappa shape index (κ1) is 16.9. The van der Waals surface area contributed by atoms with Crippen molar-refractivity contribution < 1.29 is 14.3 Å². The monoisotopic (exact) mass is 346 g/mol. The van der Waals surface area contributed by atoms with Crippen molar-refractivity contribution in [2.45, 2.75) is 37.3 Å². The maximum absolute atomic E-state index is 12.1. The average Bonchev–Trinajstić information content (AvgIpc) is 3.06. The molecule has 1 N–H and O–H groups in total. The van der Waals surface area contributed by atoms with Crippen molar-refractivity contribution in [3.05, 3.63) is 24.3 Å². The summed E-state index contributed by atoms with van der Waals surface area (Å²) >= 11 is 0. The molecule has 3 fully saturated rings. The van der Waals surface area contributed by atoms with Crippen LogP contribution in [0.4, 0.5) is 0 Å². The Hall–Kier alpha value is -1.57. The summed E-state index contributed by atoms with van der Waals surface area (Å²) in [7, 11) is 0. The number of nitrogens with one attached hydrogen (secondary N) is 1. The van der Waals surface area contributed by atoms with Crippen LogP contribution in [-0.2, 0) is 9.47 Å². The van der Waals surface area contributed by atoms with Gasteiger partial charge in [0.05, 0.1) is 11.8 Å². The molecule has 0 saturated carbocycles. The third kappa shape index (κ3) is 3.54. The standard InChI is InChI=1S/C18H26N4O3/c23-17(16-11-19-6-7-20-16)21-5-1-14-2-10-25-18(14)12-22(13-18)15-3-8-24-9-4-15/h6-7,11,14-15H,1-5,8-10,12-13H2,(H,21,23)/t14-/m1/s1.